The molecule has 1 heterocycles. The summed E-state index contributed by atoms with van der Waals surface area (Å²) in [6.07, 6.45) is 0. The van der Waals surface area contributed by atoms with Gasteiger partial charge in [-0.2, -0.15) is 0 Å². The van der Waals surface area contributed by atoms with E-state index >= 15 is 0 Å². The van der Waals surface area contributed by atoms with Gasteiger partial charge in [-0.15, -0.1) is 11.3 Å². The average Bonchev–Trinajstić information content (AvgIpc) is 2.39. The van der Waals surface area contributed by atoms with E-state index in [4.69, 9.17) is 0 Å². The van der Waals surface area contributed by atoms with Crippen molar-refractivity contribution >= 4 is 11.3 Å². The van der Waals surface area contributed by atoms with E-state index in [1.807, 2.05) is 32.9 Å². The maximum atomic E-state index is 9.51. The third-order valence-electron chi connectivity index (χ3n) is 1.34. The number of hydrogen-bond acceptors (Lipinski definition) is 2. The van der Waals surface area contributed by atoms with Crippen molar-refractivity contribution in [1.29, 1.82) is 0 Å². The molecule has 1 rings (SSSR count). The molecule has 0 saturated carbocycles. The van der Waals surface area contributed by atoms with Crippen LogP contribution >= 0.6 is 11.3 Å². The first-order valence-corrected chi connectivity index (χ1v) is 5.11. The van der Waals surface area contributed by atoms with Crippen LogP contribution in [0.3, 0.4) is 0 Å². The van der Waals surface area contributed by atoms with Gasteiger partial charge in [0.15, 0.2) is 0 Å². The molecule has 0 bridgehead atoms. The van der Waals surface area contributed by atoms with Crippen molar-refractivity contribution in [3.8, 4) is 0 Å². The van der Waals surface area contributed by atoms with Gasteiger partial charge in [0, 0.05) is 9.75 Å². The minimum absolute atomic E-state index is 0.668. The Morgan fingerprint density at radius 1 is 1.25 bits per heavy atom. The fourth-order valence-electron chi connectivity index (χ4n) is 0.763. The molecule has 0 saturated heterocycles. The van der Waals surface area contributed by atoms with Crippen LogP contribution in [-0.2, 0) is 5.60 Å². The molecule has 0 unspecified atom stereocenters. The van der Waals surface area contributed by atoms with Crippen molar-refractivity contribution in [2.24, 2.45) is 0 Å². The van der Waals surface area contributed by atoms with Crippen LogP contribution in [0.4, 0.5) is 0 Å². The molecule has 12 heavy (non-hydrogen) atoms. The number of rotatable bonds is 1. The van der Waals surface area contributed by atoms with Gasteiger partial charge in [-0.25, -0.2) is 0 Å². The number of aliphatic hydroxyl groups is 1. The first-order chi connectivity index (χ1) is 5.50. The van der Waals surface area contributed by atoms with E-state index in [0.717, 1.165) is 4.88 Å². The van der Waals surface area contributed by atoms with Crippen molar-refractivity contribution in [1.82, 2.24) is 0 Å². The molecule has 1 aromatic rings. The Labute approximate surface area is 79.1 Å². The second-order valence-corrected chi connectivity index (χ2v) is 4.26. The molecule has 0 spiro atoms. The van der Waals surface area contributed by atoms with Crippen LogP contribution in [0, 0.1) is 6.92 Å². The van der Waals surface area contributed by atoms with E-state index in [-0.39, 0.29) is 0 Å². The normalized spacial score (nSPS) is 10.5. The molecular weight excluding hydrogens is 168 g/mol. The molecule has 0 amide bonds. The summed E-state index contributed by atoms with van der Waals surface area (Å²) in [6.45, 7) is 9.65. The van der Waals surface area contributed by atoms with Crippen LogP contribution < -0.4 is 0 Å². The summed E-state index contributed by atoms with van der Waals surface area (Å²) in [6, 6.07) is 4.00. The predicted octanol–water partition coefficient (Wildman–Crippen LogP) is 3.31. The van der Waals surface area contributed by atoms with Gasteiger partial charge < -0.3 is 5.11 Å². The van der Waals surface area contributed by atoms with E-state index in [1.165, 1.54) is 4.88 Å². The van der Waals surface area contributed by atoms with Crippen molar-refractivity contribution in [2.45, 2.75) is 40.2 Å². The van der Waals surface area contributed by atoms with Crippen LogP contribution in [0.25, 0.3) is 0 Å². The van der Waals surface area contributed by atoms with Crippen LogP contribution in [-0.4, -0.2) is 5.11 Å². The maximum Gasteiger partial charge on any atom is 0.0932 e. The Bertz CT molecular complexity index is 220. The minimum Gasteiger partial charge on any atom is -0.385 e. The van der Waals surface area contributed by atoms with Crippen LogP contribution in [0.15, 0.2) is 12.1 Å². The summed E-state index contributed by atoms with van der Waals surface area (Å²) in [7, 11) is 0. The van der Waals surface area contributed by atoms with Gasteiger partial charge in [-0.1, -0.05) is 13.8 Å². The first-order valence-electron chi connectivity index (χ1n) is 4.29. The highest BCUT2D eigenvalue weighted by Crippen LogP contribution is 2.26. The van der Waals surface area contributed by atoms with Gasteiger partial charge in [0.05, 0.1) is 5.60 Å². The molecule has 0 aliphatic heterocycles. The molecule has 0 fully saturated rings. The summed E-state index contributed by atoms with van der Waals surface area (Å²) < 4.78 is 0. The molecule has 1 aromatic heterocycles. The van der Waals surface area contributed by atoms with Gasteiger partial charge in [0.1, 0.15) is 0 Å². The van der Waals surface area contributed by atoms with E-state index in [1.54, 1.807) is 25.2 Å². The molecule has 70 valence electrons. The van der Waals surface area contributed by atoms with Gasteiger partial charge in [-0.3, -0.25) is 0 Å². The van der Waals surface area contributed by atoms with E-state index in [2.05, 4.69) is 0 Å². The fourth-order valence-corrected chi connectivity index (χ4v) is 1.63. The van der Waals surface area contributed by atoms with Crippen LogP contribution in [0.2, 0.25) is 0 Å². The number of thiophene rings is 1. The summed E-state index contributed by atoms with van der Waals surface area (Å²) >= 11 is 1.64. The Hall–Kier alpha value is -0.340. The molecule has 0 aliphatic rings. The topological polar surface area (TPSA) is 20.2 Å². The SMILES string of the molecule is CC.Cc1ccc(C(C)(C)O)s1. The standard InChI is InChI=1S/C8H12OS.C2H6/c1-6-4-5-7(10-6)8(2,3)9;1-2/h4-5,9H,1-3H3;1-2H3. The quantitative estimate of drug-likeness (QED) is 0.713. The highest BCUT2D eigenvalue weighted by atomic mass is 32.1. The van der Waals surface area contributed by atoms with Gasteiger partial charge in [0.25, 0.3) is 0 Å². The van der Waals surface area contributed by atoms with Crippen LogP contribution in [0.5, 0.6) is 0 Å². The lowest BCUT2D eigenvalue weighted by atomic mass is 10.1. The molecule has 0 radical (unpaired) electrons. The molecular formula is C10H18OS. The zero-order chi connectivity index (χ0) is 9.78. The van der Waals surface area contributed by atoms with Crippen molar-refractivity contribution in [3.63, 3.8) is 0 Å². The zero-order valence-electron chi connectivity index (χ0n) is 8.51. The maximum absolute atomic E-state index is 9.51. The minimum atomic E-state index is -0.668. The second-order valence-electron chi connectivity index (χ2n) is 2.97. The largest absolute Gasteiger partial charge is 0.385 e. The summed E-state index contributed by atoms with van der Waals surface area (Å²) in [5.74, 6) is 0. The first kappa shape index (κ1) is 11.7. The lowest BCUT2D eigenvalue weighted by molar-refractivity contribution is 0.0825. The van der Waals surface area contributed by atoms with E-state index in [0.29, 0.717) is 0 Å². The smallest absolute Gasteiger partial charge is 0.0932 e. The number of aryl methyl sites for hydroxylation is 1. The van der Waals surface area contributed by atoms with Gasteiger partial charge >= 0.3 is 0 Å². The molecule has 0 atom stereocenters. The summed E-state index contributed by atoms with van der Waals surface area (Å²) in [5, 5.41) is 9.51. The van der Waals surface area contributed by atoms with Crippen molar-refractivity contribution < 1.29 is 5.11 Å². The van der Waals surface area contributed by atoms with E-state index in [9.17, 15) is 5.11 Å². The monoisotopic (exact) mass is 186 g/mol. The Balaban J connectivity index is 0.000000561. The molecule has 1 nitrogen and oxygen atoms in total. The highest BCUT2D eigenvalue weighted by molar-refractivity contribution is 7.12. The highest BCUT2D eigenvalue weighted by Gasteiger charge is 2.16. The van der Waals surface area contributed by atoms with Gasteiger partial charge in [0.2, 0.25) is 0 Å². The number of hydrogen-bond donors (Lipinski definition) is 1. The lowest BCUT2D eigenvalue weighted by Crippen LogP contribution is -2.12. The molecule has 0 aromatic carbocycles. The van der Waals surface area contributed by atoms with Crippen LogP contribution in [0.1, 0.15) is 37.4 Å². The summed E-state index contributed by atoms with van der Waals surface area (Å²) in [4.78, 5) is 2.28. The second kappa shape index (κ2) is 4.63. The molecule has 0 aliphatic carbocycles. The molecule has 2 heteroatoms. The third kappa shape index (κ3) is 3.37. The predicted molar refractivity (Wildman–Crippen MR) is 55.6 cm³/mol. The van der Waals surface area contributed by atoms with Crippen molar-refractivity contribution in [2.75, 3.05) is 0 Å². The van der Waals surface area contributed by atoms with E-state index < -0.39 is 5.60 Å². The van der Waals surface area contributed by atoms with Gasteiger partial charge in [-0.05, 0) is 32.9 Å². The fraction of sp³-hybridized carbons (Fsp3) is 0.600. The third-order valence-corrected chi connectivity index (χ3v) is 2.66. The summed E-state index contributed by atoms with van der Waals surface area (Å²) in [5.41, 5.74) is -0.668. The Morgan fingerprint density at radius 2 is 1.75 bits per heavy atom. The van der Waals surface area contributed by atoms with Crippen molar-refractivity contribution in [3.05, 3.63) is 21.9 Å². The average molecular weight is 186 g/mol. The Kier molecular flexibility index (Phi) is 4.50. The lowest BCUT2D eigenvalue weighted by Gasteiger charge is -2.13. The zero-order valence-corrected chi connectivity index (χ0v) is 9.33. The Morgan fingerprint density at radius 3 is 1.92 bits per heavy atom. The molecule has 1 N–H and O–H groups in total.